The van der Waals surface area contributed by atoms with Crippen molar-refractivity contribution >= 4 is 11.6 Å². The highest BCUT2D eigenvalue weighted by Gasteiger charge is 2.05. The van der Waals surface area contributed by atoms with Gasteiger partial charge in [-0.05, 0) is 25.5 Å². The molecule has 0 unspecified atom stereocenters. The number of carbonyl (C=O) groups is 1. The molecule has 100 valence electrons. The summed E-state index contributed by atoms with van der Waals surface area (Å²) in [6.45, 7) is 3.08. The topological polar surface area (TPSA) is 73.6 Å². The monoisotopic (exact) mass is 252 g/mol. The molecule has 1 rings (SSSR count). The number of amides is 1. The van der Waals surface area contributed by atoms with Gasteiger partial charge in [0.2, 0.25) is 0 Å². The van der Waals surface area contributed by atoms with Crippen LogP contribution in [-0.4, -0.2) is 32.8 Å². The van der Waals surface area contributed by atoms with Crippen molar-refractivity contribution in [2.75, 3.05) is 32.6 Å². The van der Waals surface area contributed by atoms with Crippen molar-refractivity contribution in [2.24, 2.45) is 0 Å². The van der Waals surface area contributed by atoms with Gasteiger partial charge in [-0.1, -0.05) is 6.07 Å². The first kappa shape index (κ1) is 14.3. The van der Waals surface area contributed by atoms with E-state index in [1.165, 1.54) is 0 Å². The highest BCUT2D eigenvalue weighted by molar-refractivity contribution is 5.77. The largest absolute Gasteiger partial charge is 0.483 e. The third-order valence-electron chi connectivity index (χ3n) is 2.53. The molecule has 0 saturated heterocycles. The van der Waals surface area contributed by atoms with Gasteiger partial charge in [-0.3, -0.25) is 4.79 Å². The molecule has 0 fully saturated rings. The second-order valence-electron chi connectivity index (χ2n) is 3.96. The maximum atomic E-state index is 11.5. The summed E-state index contributed by atoms with van der Waals surface area (Å²) in [7, 11) is 1.63. The molecule has 0 atom stereocenters. The highest BCUT2D eigenvalue weighted by atomic mass is 16.5. The summed E-state index contributed by atoms with van der Waals surface area (Å²) in [5, 5.41) is 2.75. The number of carbonyl (C=O) groups excluding carboxylic acids is 1. The van der Waals surface area contributed by atoms with Crippen LogP contribution in [0.25, 0.3) is 0 Å². The Kier molecular flexibility index (Phi) is 6.00. The van der Waals surface area contributed by atoms with Crippen molar-refractivity contribution in [3.05, 3.63) is 23.8 Å². The van der Waals surface area contributed by atoms with Crippen LogP contribution in [0.3, 0.4) is 0 Å². The molecule has 1 aromatic carbocycles. The zero-order valence-electron chi connectivity index (χ0n) is 10.9. The smallest absolute Gasteiger partial charge is 0.257 e. The number of hydrogen-bond donors (Lipinski definition) is 2. The Hall–Kier alpha value is -1.75. The summed E-state index contributed by atoms with van der Waals surface area (Å²) in [5.74, 6) is 0.495. The minimum absolute atomic E-state index is 0.00270. The molecule has 0 aliphatic heterocycles. The van der Waals surface area contributed by atoms with E-state index in [-0.39, 0.29) is 12.5 Å². The van der Waals surface area contributed by atoms with Gasteiger partial charge in [-0.25, -0.2) is 0 Å². The fourth-order valence-corrected chi connectivity index (χ4v) is 1.43. The summed E-state index contributed by atoms with van der Waals surface area (Å²) in [5.41, 5.74) is 7.26. The molecule has 5 nitrogen and oxygen atoms in total. The lowest BCUT2D eigenvalue weighted by molar-refractivity contribution is -0.123. The summed E-state index contributed by atoms with van der Waals surface area (Å²) < 4.78 is 10.3. The Morgan fingerprint density at radius 2 is 2.22 bits per heavy atom. The fraction of sp³-hybridized carbons (Fsp3) is 0.462. The average Bonchev–Trinajstić information content (AvgIpc) is 2.36. The Balaban J connectivity index is 2.32. The highest BCUT2D eigenvalue weighted by Crippen LogP contribution is 2.22. The molecule has 1 amide bonds. The van der Waals surface area contributed by atoms with Gasteiger partial charge in [0.25, 0.3) is 5.91 Å². The zero-order chi connectivity index (χ0) is 13.4. The third-order valence-corrected chi connectivity index (χ3v) is 2.53. The molecule has 0 aliphatic carbocycles. The lowest BCUT2D eigenvalue weighted by atomic mass is 10.2. The number of rotatable bonds is 7. The number of hydrogen-bond acceptors (Lipinski definition) is 4. The Bertz CT molecular complexity index is 394. The summed E-state index contributed by atoms with van der Waals surface area (Å²) >= 11 is 0. The predicted octanol–water partition coefficient (Wildman–Crippen LogP) is 1.11. The van der Waals surface area contributed by atoms with Crippen LogP contribution in [0, 0.1) is 6.92 Å². The van der Waals surface area contributed by atoms with E-state index >= 15 is 0 Å². The molecule has 3 N–H and O–H groups in total. The zero-order valence-corrected chi connectivity index (χ0v) is 10.9. The van der Waals surface area contributed by atoms with Gasteiger partial charge in [0, 0.05) is 31.5 Å². The van der Waals surface area contributed by atoms with E-state index in [1.54, 1.807) is 25.3 Å². The maximum Gasteiger partial charge on any atom is 0.257 e. The number of nitrogens with one attached hydrogen (secondary N) is 1. The lowest BCUT2D eigenvalue weighted by Gasteiger charge is -2.10. The van der Waals surface area contributed by atoms with Crippen LogP contribution in [0.4, 0.5) is 5.69 Å². The normalized spacial score (nSPS) is 10.1. The number of anilines is 1. The Labute approximate surface area is 107 Å². The van der Waals surface area contributed by atoms with Crippen LogP contribution < -0.4 is 15.8 Å². The minimum atomic E-state index is -0.145. The SMILES string of the molecule is COCCCNC(=O)COc1cccc(N)c1C. The van der Waals surface area contributed by atoms with Crippen molar-refractivity contribution in [2.45, 2.75) is 13.3 Å². The number of benzene rings is 1. The van der Waals surface area contributed by atoms with Crippen molar-refractivity contribution in [3.8, 4) is 5.75 Å². The molecule has 0 bridgehead atoms. The van der Waals surface area contributed by atoms with Crippen LogP contribution in [0.15, 0.2) is 18.2 Å². The van der Waals surface area contributed by atoms with Gasteiger partial charge >= 0.3 is 0 Å². The van der Waals surface area contributed by atoms with Gasteiger partial charge < -0.3 is 20.5 Å². The van der Waals surface area contributed by atoms with E-state index in [9.17, 15) is 4.79 Å². The van der Waals surface area contributed by atoms with Crippen LogP contribution in [0.5, 0.6) is 5.75 Å². The number of ether oxygens (including phenoxy) is 2. The summed E-state index contributed by atoms with van der Waals surface area (Å²) in [4.78, 5) is 11.5. The van der Waals surface area contributed by atoms with Crippen LogP contribution >= 0.6 is 0 Å². The van der Waals surface area contributed by atoms with Crippen molar-refractivity contribution in [1.82, 2.24) is 5.32 Å². The van der Waals surface area contributed by atoms with Crippen LogP contribution in [-0.2, 0) is 9.53 Å². The molecule has 18 heavy (non-hydrogen) atoms. The van der Waals surface area contributed by atoms with Gasteiger partial charge in [-0.15, -0.1) is 0 Å². The van der Waals surface area contributed by atoms with Gasteiger partial charge in [0.05, 0.1) is 0 Å². The molecule has 5 heteroatoms. The molecule has 0 radical (unpaired) electrons. The van der Waals surface area contributed by atoms with Gasteiger partial charge in [-0.2, -0.15) is 0 Å². The fourth-order valence-electron chi connectivity index (χ4n) is 1.43. The summed E-state index contributed by atoms with van der Waals surface area (Å²) in [6, 6.07) is 5.39. The first-order valence-corrected chi connectivity index (χ1v) is 5.88. The predicted molar refractivity (Wildman–Crippen MR) is 70.6 cm³/mol. The maximum absolute atomic E-state index is 11.5. The lowest BCUT2D eigenvalue weighted by Crippen LogP contribution is -2.30. The Morgan fingerprint density at radius 3 is 2.94 bits per heavy atom. The first-order chi connectivity index (χ1) is 8.65. The number of nitrogen functional groups attached to an aromatic ring is 1. The van der Waals surface area contributed by atoms with Crippen molar-refractivity contribution < 1.29 is 14.3 Å². The minimum Gasteiger partial charge on any atom is -0.483 e. The first-order valence-electron chi connectivity index (χ1n) is 5.88. The second kappa shape index (κ2) is 7.55. The molecule has 0 aromatic heterocycles. The molecular weight excluding hydrogens is 232 g/mol. The molecule has 0 spiro atoms. The van der Waals surface area contributed by atoms with E-state index < -0.39 is 0 Å². The quantitative estimate of drug-likeness (QED) is 0.563. The van der Waals surface area contributed by atoms with Crippen LogP contribution in [0.1, 0.15) is 12.0 Å². The van der Waals surface area contributed by atoms with Crippen molar-refractivity contribution in [1.29, 1.82) is 0 Å². The van der Waals surface area contributed by atoms with Crippen molar-refractivity contribution in [3.63, 3.8) is 0 Å². The molecular formula is C13H20N2O3. The van der Waals surface area contributed by atoms with E-state index in [4.69, 9.17) is 15.2 Å². The van der Waals surface area contributed by atoms with E-state index in [2.05, 4.69) is 5.32 Å². The standard InChI is InChI=1S/C13H20N2O3/c1-10-11(14)5-3-6-12(10)18-9-13(16)15-7-4-8-17-2/h3,5-6H,4,7-9,14H2,1-2H3,(H,15,16). The average molecular weight is 252 g/mol. The number of nitrogens with two attached hydrogens (primary N) is 1. The number of methoxy groups -OCH3 is 1. The van der Waals surface area contributed by atoms with Gasteiger partial charge in [0.1, 0.15) is 5.75 Å². The second-order valence-corrected chi connectivity index (χ2v) is 3.96. The molecule has 0 heterocycles. The van der Waals surface area contributed by atoms with Crippen LogP contribution in [0.2, 0.25) is 0 Å². The summed E-state index contributed by atoms with van der Waals surface area (Å²) in [6.07, 6.45) is 0.791. The van der Waals surface area contributed by atoms with E-state index in [1.807, 2.05) is 6.92 Å². The van der Waals surface area contributed by atoms with Gasteiger partial charge in [0.15, 0.2) is 6.61 Å². The van der Waals surface area contributed by atoms with E-state index in [0.29, 0.717) is 24.6 Å². The van der Waals surface area contributed by atoms with E-state index in [0.717, 1.165) is 12.0 Å². The third kappa shape index (κ3) is 4.63. The molecule has 0 saturated carbocycles. The Morgan fingerprint density at radius 1 is 1.44 bits per heavy atom. The molecule has 0 aliphatic rings. The molecule has 1 aromatic rings.